The lowest BCUT2D eigenvalue weighted by atomic mass is 10.3. The summed E-state index contributed by atoms with van der Waals surface area (Å²) in [7, 11) is -2.18. The Kier molecular flexibility index (Phi) is 4.28. The number of rotatable bonds is 5. The van der Waals surface area contributed by atoms with E-state index in [1.807, 2.05) is 17.5 Å². The second-order valence-electron chi connectivity index (χ2n) is 4.17. The molecule has 0 radical (unpaired) electrons. The van der Waals surface area contributed by atoms with Gasteiger partial charge in [0.1, 0.15) is 4.21 Å². The second kappa shape index (κ2) is 5.65. The van der Waals surface area contributed by atoms with Crippen LogP contribution in [0.1, 0.15) is 28.2 Å². The Balaban J connectivity index is 2.31. The largest absolute Gasteiger partial charge is 0.478 e. The van der Waals surface area contributed by atoms with Gasteiger partial charge in [-0.15, -0.1) is 22.7 Å². The van der Waals surface area contributed by atoms with Crippen molar-refractivity contribution in [3.8, 4) is 0 Å². The fraction of sp³-hybridized carbons (Fsp3) is 0.250. The Hall–Kier alpha value is -1.22. The molecule has 0 bridgehead atoms. The SMILES string of the molecule is C[C@H](c1cccs1)N(C)S(=O)(=O)c1cc(C(=O)O)cs1. The highest BCUT2D eigenvalue weighted by molar-refractivity contribution is 7.91. The van der Waals surface area contributed by atoms with Crippen LogP contribution in [0, 0.1) is 0 Å². The fourth-order valence-corrected chi connectivity index (χ4v) is 5.20. The van der Waals surface area contributed by atoms with E-state index >= 15 is 0 Å². The average Bonchev–Trinajstić information content (AvgIpc) is 3.07. The average molecular weight is 331 g/mol. The third-order valence-electron chi connectivity index (χ3n) is 2.96. The maximum atomic E-state index is 12.5. The molecule has 1 N–H and O–H groups in total. The monoisotopic (exact) mass is 331 g/mol. The van der Waals surface area contributed by atoms with Gasteiger partial charge in [0, 0.05) is 17.3 Å². The summed E-state index contributed by atoms with van der Waals surface area (Å²) in [6.45, 7) is 1.80. The summed E-state index contributed by atoms with van der Waals surface area (Å²) >= 11 is 2.40. The van der Waals surface area contributed by atoms with Crippen molar-refractivity contribution in [1.82, 2.24) is 4.31 Å². The predicted octanol–water partition coefficient (Wildman–Crippen LogP) is 2.89. The number of hydrogen-bond donors (Lipinski definition) is 1. The molecule has 0 unspecified atom stereocenters. The van der Waals surface area contributed by atoms with Crippen molar-refractivity contribution in [3.63, 3.8) is 0 Å². The van der Waals surface area contributed by atoms with E-state index in [4.69, 9.17) is 5.11 Å². The second-order valence-corrected chi connectivity index (χ2v) is 8.29. The van der Waals surface area contributed by atoms with Gasteiger partial charge in [0.25, 0.3) is 10.0 Å². The molecule has 0 spiro atoms. The Bertz CT molecular complexity index is 703. The molecule has 0 aromatic carbocycles. The summed E-state index contributed by atoms with van der Waals surface area (Å²) in [5.74, 6) is -1.13. The third-order valence-corrected chi connectivity index (χ3v) is 7.34. The number of carboxylic acid groups (broad SMARTS) is 1. The minimum absolute atomic E-state index is 0.00856. The molecule has 108 valence electrons. The molecule has 0 aliphatic rings. The Labute approximate surface area is 125 Å². The lowest BCUT2D eigenvalue weighted by Gasteiger charge is -2.22. The van der Waals surface area contributed by atoms with Crippen LogP contribution in [0.2, 0.25) is 0 Å². The van der Waals surface area contributed by atoms with Gasteiger partial charge in [-0.2, -0.15) is 4.31 Å². The van der Waals surface area contributed by atoms with Gasteiger partial charge in [-0.05, 0) is 24.4 Å². The maximum absolute atomic E-state index is 12.5. The molecule has 0 aliphatic carbocycles. The summed E-state index contributed by atoms with van der Waals surface area (Å²) in [5, 5.41) is 12.1. The Morgan fingerprint density at radius 2 is 2.10 bits per heavy atom. The molecule has 2 aromatic rings. The van der Waals surface area contributed by atoms with Crippen LogP contribution in [0.15, 0.2) is 33.2 Å². The maximum Gasteiger partial charge on any atom is 0.336 e. The van der Waals surface area contributed by atoms with Crippen molar-refractivity contribution in [2.45, 2.75) is 17.2 Å². The molecular weight excluding hydrogens is 318 g/mol. The molecule has 0 saturated heterocycles. The number of nitrogens with zero attached hydrogens (tertiary/aromatic N) is 1. The van der Waals surface area contributed by atoms with Gasteiger partial charge in [-0.1, -0.05) is 6.07 Å². The van der Waals surface area contributed by atoms with E-state index in [2.05, 4.69) is 0 Å². The topological polar surface area (TPSA) is 74.7 Å². The first kappa shape index (κ1) is 15.2. The van der Waals surface area contributed by atoms with E-state index in [1.54, 1.807) is 6.92 Å². The molecule has 0 amide bonds. The minimum Gasteiger partial charge on any atom is -0.478 e. The zero-order valence-electron chi connectivity index (χ0n) is 10.8. The highest BCUT2D eigenvalue weighted by Gasteiger charge is 2.28. The standard InChI is InChI=1S/C12H13NO4S3/c1-8(10-4-3-5-18-10)13(2)20(16,17)11-6-9(7-19-11)12(14)15/h3-8H,1-2H3,(H,14,15)/t8-/m1/s1. The number of thiophene rings is 2. The molecule has 5 nitrogen and oxygen atoms in total. The van der Waals surface area contributed by atoms with Crippen LogP contribution in [0.5, 0.6) is 0 Å². The molecule has 2 heterocycles. The normalized spacial score (nSPS) is 13.6. The van der Waals surface area contributed by atoms with Gasteiger partial charge in [-0.3, -0.25) is 0 Å². The van der Waals surface area contributed by atoms with Gasteiger partial charge in [0.2, 0.25) is 0 Å². The number of carbonyl (C=O) groups is 1. The third kappa shape index (κ3) is 2.78. The van der Waals surface area contributed by atoms with Crippen LogP contribution in [-0.4, -0.2) is 30.8 Å². The predicted molar refractivity (Wildman–Crippen MR) is 79.0 cm³/mol. The lowest BCUT2D eigenvalue weighted by Crippen LogP contribution is -2.28. The van der Waals surface area contributed by atoms with Gasteiger partial charge in [-0.25, -0.2) is 13.2 Å². The van der Waals surface area contributed by atoms with Crippen LogP contribution in [0.3, 0.4) is 0 Å². The summed E-state index contributed by atoms with van der Waals surface area (Å²) in [5.41, 5.74) is -0.00856. The molecule has 20 heavy (non-hydrogen) atoms. The van der Waals surface area contributed by atoms with Gasteiger partial charge in [0.15, 0.2) is 0 Å². The molecule has 2 aromatic heterocycles. The first-order chi connectivity index (χ1) is 9.34. The van der Waals surface area contributed by atoms with E-state index in [1.165, 1.54) is 34.1 Å². The van der Waals surface area contributed by atoms with E-state index in [0.717, 1.165) is 16.2 Å². The highest BCUT2D eigenvalue weighted by Crippen LogP contribution is 2.31. The van der Waals surface area contributed by atoms with Crippen LogP contribution in [0.25, 0.3) is 0 Å². The van der Waals surface area contributed by atoms with Crippen molar-refractivity contribution < 1.29 is 18.3 Å². The fourth-order valence-electron chi connectivity index (χ4n) is 1.62. The molecule has 8 heteroatoms. The number of aromatic carboxylic acids is 1. The molecule has 0 saturated carbocycles. The van der Waals surface area contributed by atoms with E-state index in [-0.39, 0.29) is 15.8 Å². The smallest absolute Gasteiger partial charge is 0.336 e. The number of carboxylic acids is 1. The summed E-state index contributed by atoms with van der Waals surface area (Å²) in [6, 6.07) is 4.64. The summed E-state index contributed by atoms with van der Waals surface area (Å²) in [6.07, 6.45) is 0. The number of hydrogen-bond acceptors (Lipinski definition) is 5. The first-order valence-corrected chi connectivity index (χ1v) is 8.87. The van der Waals surface area contributed by atoms with Gasteiger partial charge < -0.3 is 5.11 Å². The van der Waals surface area contributed by atoms with Crippen molar-refractivity contribution in [2.24, 2.45) is 0 Å². The zero-order valence-corrected chi connectivity index (χ0v) is 13.3. The van der Waals surface area contributed by atoms with Crippen LogP contribution in [0.4, 0.5) is 0 Å². The quantitative estimate of drug-likeness (QED) is 0.914. The Morgan fingerprint density at radius 1 is 1.40 bits per heavy atom. The molecule has 1 atom stereocenters. The summed E-state index contributed by atoms with van der Waals surface area (Å²) in [4.78, 5) is 11.8. The minimum atomic E-state index is -3.68. The van der Waals surface area contributed by atoms with Gasteiger partial charge >= 0.3 is 5.97 Å². The molecule has 0 aliphatic heterocycles. The summed E-state index contributed by atoms with van der Waals surface area (Å²) < 4.78 is 26.2. The van der Waals surface area contributed by atoms with Crippen molar-refractivity contribution in [1.29, 1.82) is 0 Å². The molecular formula is C12H13NO4S3. The van der Waals surface area contributed by atoms with E-state index in [0.29, 0.717) is 0 Å². The van der Waals surface area contributed by atoms with Crippen LogP contribution >= 0.6 is 22.7 Å². The van der Waals surface area contributed by atoms with E-state index < -0.39 is 16.0 Å². The van der Waals surface area contributed by atoms with Crippen molar-refractivity contribution in [3.05, 3.63) is 39.4 Å². The lowest BCUT2D eigenvalue weighted by molar-refractivity contribution is 0.0697. The van der Waals surface area contributed by atoms with Crippen LogP contribution in [-0.2, 0) is 10.0 Å². The van der Waals surface area contributed by atoms with Crippen molar-refractivity contribution >= 4 is 38.7 Å². The first-order valence-electron chi connectivity index (χ1n) is 5.67. The van der Waals surface area contributed by atoms with E-state index in [9.17, 15) is 13.2 Å². The van der Waals surface area contributed by atoms with Gasteiger partial charge in [0.05, 0.1) is 11.6 Å². The Morgan fingerprint density at radius 3 is 2.60 bits per heavy atom. The van der Waals surface area contributed by atoms with Crippen LogP contribution < -0.4 is 0 Å². The van der Waals surface area contributed by atoms with Crippen molar-refractivity contribution in [2.75, 3.05) is 7.05 Å². The molecule has 0 fully saturated rings. The zero-order chi connectivity index (χ0) is 14.9. The highest BCUT2D eigenvalue weighted by atomic mass is 32.2. The number of sulfonamides is 1. The molecule has 2 rings (SSSR count).